The van der Waals surface area contributed by atoms with Gasteiger partial charge in [-0.15, -0.1) is 0 Å². The van der Waals surface area contributed by atoms with Gasteiger partial charge in [-0.3, -0.25) is 5.10 Å². The predicted molar refractivity (Wildman–Crippen MR) is 107 cm³/mol. The number of benzene rings is 2. The molecule has 27 heavy (non-hydrogen) atoms. The Bertz CT molecular complexity index is 1110. The van der Waals surface area contributed by atoms with Crippen molar-refractivity contribution in [3.63, 3.8) is 0 Å². The van der Waals surface area contributed by atoms with E-state index < -0.39 is 0 Å². The van der Waals surface area contributed by atoms with E-state index >= 15 is 0 Å². The Hall–Kier alpha value is -3.65. The maximum atomic E-state index is 9.10. The molecule has 0 fully saturated rings. The van der Waals surface area contributed by atoms with E-state index in [4.69, 9.17) is 10.00 Å². The largest absolute Gasteiger partial charge is 0.496 e. The van der Waals surface area contributed by atoms with Gasteiger partial charge in [0.1, 0.15) is 5.75 Å². The molecule has 5 heteroatoms. The summed E-state index contributed by atoms with van der Waals surface area (Å²) in [5, 5.41) is 17.4. The molecule has 0 saturated carbocycles. The van der Waals surface area contributed by atoms with Crippen molar-refractivity contribution >= 4 is 11.0 Å². The average molecular weight is 356 g/mol. The lowest BCUT2D eigenvalue weighted by atomic mass is 10.0. The van der Waals surface area contributed by atoms with Gasteiger partial charge in [0.05, 0.1) is 24.4 Å². The molecule has 0 aliphatic carbocycles. The number of fused-ring (bicyclic) bond motifs is 1. The van der Waals surface area contributed by atoms with Crippen molar-refractivity contribution in [2.45, 2.75) is 13.8 Å². The summed E-state index contributed by atoms with van der Waals surface area (Å²) in [5.74, 6) is 0.768. The fraction of sp³-hybridized carbons (Fsp3) is 0.136. The van der Waals surface area contributed by atoms with Gasteiger partial charge in [-0.25, -0.2) is 4.98 Å². The van der Waals surface area contributed by atoms with Crippen molar-refractivity contribution in [3.8, 4) is 34.2 Å². The molecule has 5 nitrogen and oxygen atoms in total. The highest BCUT2D eigenvalue weighted by atomic mass is 16.5. The Labute approximate surface area is 158 Å². The topological polar surface area (TPSA) is 74.6 Å². The SMILES string of the molecule is CC.COc1ccccc1-c1[nH]nc2ncc(-c3cccc(C#N)c3)cc12. The Morgan fingerprint density at radius 3 is 2.59 bits per heavy atom. The lowest BCUT2D eigenvalue weighted by Crippen LogP contribution is -1.88. The third-order valence-electron chi connectivity index (χ3n) is 4.11. The van der Waals surface area contributed by atoms with Gasteiger partial charge in [-0.05, 0) is 35.9 Å². The molecular weight excluding hydrogens is 336 g/mol. The number of pyridine rings is 1. The summed E-state index contributed by atoms with van der Waals surface area (Å²) in [6.07, 6.45) is 1.77. The van der Waals surface area contributed by atoms with Gasteiger partial charge < -0.3 is 4.74 Å². The maximum Gasteiger partial charge on any atom is 0.181 e. The van der Waals surface area contributed by atoms with Crippen LogP contribution in [0.4, 0.5) is 0 Å². The number of hydrogen-bond acceptors (Lipinski definition) is 4. The number of H-pyrrole nitrogens is 1. The third kappa shape index (κ3) is 3.51. The predicted octanol–water partition coefficient (Wildman–Crippen LogP) is 5.20. The van der Waals surface area contributed by atoms with Crippen LogP contribution in [-0.2, 0) is 0 Å². The molecular formula is C22H20N4O. The van der Waals surface area contributed by atoms with Crippen molar-refractivity contribution in [2.24, 2.45) is 0 Å². The van der Waals surface area contributed by atoms with Gasteiger partial charge in [0.25, 0.3) is 0 Å². The van der Waals surface area contributed by atoms with E-state index in [1.54, 1.807) is 19.4 Å². The van der Waals surface area contributed by atoms with Crippen LogP contribution in [0.15, 0.2) is 60.8 Å². The maximum absolute atomic E-state index is 9.10. The van der Waals surface area contributed by atoms with Crippen molar-refractivity contribution < 1.29 is 4.74 Å². The number of aromatic nitrogens is 3. The summed E-state index contributed by atoms with van der Waals surface area (Å²) in [6, 6.07) is 19.4. The van der Waals surface area contributed by atoms with Crippen molar-refractivity contribution in [1.29, 1.82) is 5.26 Å². The van der Waals surface area contributed by atoms with Crippen molar-refractivity contribution in [2.75, 3.05) is 7.11 Å². The summed E-state index contributed by atoms with van der Waals surface area (Å²) < 4.78 is 5.46. The quantitative estimate of drug-likeness (QED) is 0.547. The van der Waals surface area contributed by atoms with Gasteiger partial charge in [0, 0.05) is 22.7 Å². The Morgan fingerprint density at radius 1 is 1.00 bits per heavy atom. The molecule has 134 valence electrons. The number of methoxy groups -OCH3 is 1. The van der Waals surface area contributed by atoms with Gasteiger partial charge in [0.15, 0.2) is 5.65 Å². The van der Waals surface area contributed by atoms with Crippen LogP contribution in [0.25, 0.3) is 33.4 Å². The highest BCUT2D eigenvalue weighted by Crippen LogP contribution is 2.34. The van der Waals surface area contributed by atoms with Crippen LogP contribution in [0.2, 0.25) is 0 Å². The molecule has 2 aromatic heterocycles. The highest BCUT2D eigenvalue weighted by molar-refractivity contribution is 5.94. The second kappa shape index (κ2) is 8.15. The van der Waals surface area contributed by atoms with Gasteiger partial charge >= 0.3 is 0 Å². The molecule has 0 bridgehead atoms. The highest BCUT2D eigenvalue weighted by Gasteiger charge is 2.13. The summed E-state index contributed by atoms with van der Waals surface area (Å²) >= 11 is 0. The van der Waals surface area contributed by atoms with Crippen LogP contribution < -0.4 is 4.74 Å². The number of hydrogen-bond donors (Lipinski definition) is 1. The van der Waals surface area contributed by atoms with Crippen LogP contribution in [0.5, 0.6) is 5.75 Å². The van der Waals surface area contributed by atoms with E-state index in [-0.39, 0.29) is 0 Å². The standard InChI is InChI=1S/C20H14N4O.C2H6/c1-25-18-8-3-2-7-16(18)19-17-10-15(12-22-20(17)24-23-19)14-6-4-5-13(9-14)11-21;1-2/h2-10,12H,1H3,(H,22,23,24);1-2H3. The molecule has 0 saturated heterocycles. The first-order chi connectivity index (χ1) is 13.3. The minimum absolute atomic E-state index is 0.620. The van der Waals surface area contributed by atoms with Crippen LogP contribution in [0.1, 0.15) is 19.4 Å². The van der Waals surface area contributed by atoms with Crippen LogP contribution in [-0.4, -0.2) is 22.3 Å². The second-order valence-corrected chi connectivity index (χ2v) is 5.59. The van der Waals surface area contributed by atoms with E-state index in [2.05, 4.69) is 21.3 Å². The third-order valence-corrected chi connectivity index (χ3v) is 4.11. The number of ether oxygens (including phenoxy) is 1. The molecule has 2 heterocycles. The Balaban J connectivity index is 0.00000102. The molecule has 2 aromatic carbocycles. The molecule has 4 aromatic rings. The molecule has 0 unspecified atom stereocenters. The number of nitriles is 1. The lowest BCUT2D eigenvalue weighted by Gasteiger charge is -2.07. The molecule has 1 N–H and O–H groups in total. The minimum Gasteiger partial charge on any atom is -0.496 e. The average Bonchev–Trinajstić information content (AvgIpc) is 3.18. The number of aromatic amines is 1. The number of nitrogens with one attached hydrogen (secondary N) is 1. The molecule has 0 atom stereocenters. The zero-order valence-corrected chi connectivity index (χ0v) is 15.5. The second-order valence-electron chi connectivity index (χ2n) is 5.59. The van der Waals surface area contributed by atoms with E-state index in [9.17, 15) is 0 Å². The number of para-hydroxylation sites is 1. The summed E-state index contributed by atoms with van der Waals surface area (Å²) in [4.78, 5) is 4.45. The molecule has 0 radical (unpaired) electrons. The van der Waals surface area contributed by atoms with Gasteiger partial charge in [-0.2, -0.15) is 10.4 Å². The molecule has 0 spiro atoms. The van der Waals surface area contributed by atoms with E-state index in [1.165, 1.54) is 0 Å². The zero-order chi connectivity index (χ0) is 19.2. The Morgan fingerprint density at radius 2 is 1.81 bits per heavy atom. The van der Waals surface area contributed by atoms with Gasteiger partial charge in [-0.1, -0.05) is 38.1 Å². The first-order valence-electron chi connectivity index (χ1n) is 8.78. The van der Waals surface area contributed by atoms with Gasteiger partial charge in [0.2, 0.25) is 0 Å². The lowest BCUT2D eigenvalue weighted by molar-refractivity contribution is 0.416. The first-order valence-corrected chi connectivity index (χ1v) is 8.78. The van der Waals surface area contributed by atoms with E-state index in [0.717, 1.165) is 33.5 Å². The van der Waals surface area contributed by atoms with Crippen LogP contribution >= 0.6 is 0 Å². The summed E-state index contributed by atoms with van der Waals surface area (Å²) in [7, 11) is 1.65. The zero-order valence-electron chi connectivity index (χ0n) is 15.5. The van der Waals surface area contributed by atoms with Crippen molar-refractivity contribution in [3.05, 3.63) is 66.4 Å². The first kappa shape index (κ1) is 18.2. The molecule has 0 aliphatic heterocycles. The Kier molecular flexibility index (Phi) is 5.48. The van der Waals surface area contributed by atoms with Crippen molar-refractivity contribution in [1.82, 2.24) is 15.2 Å². The fourth-order valence-corrected chi connectivity index (χ4v) is 2.88. The monoisotopic (exact) mass is 356 g/mol. The number of nitrogens with zero attached hydrogens (tertiary/aromatic N) is 3. The van der Waals surface area contributed by atoms with E-state index in [1.807, 2.05) is 62.4 Å². The number of rotatable bonds is 3. The minimum atomic E-state index is 0.620. The molecule has 4 rings (SSSR count). The molecule has 0 aliphatic rings. The van der Waals surface area contributed by atoms with Crippen LogP contribution in [0, 0.1) is 11.3 Å². The summed E-state index contributed by atoms with van der Waals surface area (Å²) in [5.41, 5.74) is 4.93. The fourth-order valence-electron chi connectivity index (χ4n) is 2.88. The van der Waals surface area contributed by atoms with Crippen LogP contribution in [0.3, 0.4) is 0 Å². The van der Waals surface area contributed by atoms with E-state index in [0.29, 0.717) is 11.2 Å². The molecule has 0 amide bonds. The smallest absolute Gasteiger partial charge is 0.181 e. The summed E-state index contributed by atoms with van der Waals surface area (Å²) in [6.45, 7) is 4.00. The normalized spacial score (nSPS) is 10.0.